The number of aryl methyl sites for hydroxylation is 1. The Bertz CT molecular complexity index is 541. The van der Waals surface area contributed by atoms with Crippen molar-refractivity contribution in [2.24, 2.45) is 0 Å². The van der Waals surface area contributed by atoms with Gasteiger partial charge in [-0.15, -0.1) is 0 Å². The summed E-state index contributed by atoms with van der Waals surface area (Å²) in [4.78, 5) is 24.7. The molecule has 1 saturated heterocycles. The molecule has 1 N–H and O–H groups in total. The summed E-state index contributed by atoms with van der Waals surface area (Å²) in [5.74, 6) is -0.0749. The molecule has 0 bridgehead atoms. The van der Waals surface area contributed by atoms with Gasteiger partial charge >= 0.3 is 0 Å². The molecule has 1 aromatic rings. The molecular weight excluding hydrogens is 274 g/mol. The number of amides is 1. The maximum absolute atomic E-state index is 12.3. The summed E-state index contributed by atoms with van der Waals surface area (Å²) in [7, 11) is 0. The maximum atomic E-state index is 12.3. The molecule has 1 amide bonds. The van der Waals surface area contributed by atoms with Gasteiger partial charge in [0.2, 0.25) is 5.91 Å². The maximum Gasteiger partial charge on any atom is 0.295 e. The molecule has 7 heteroatoms. The van der Waals surface area contributed by atoms with Gasteiger partial charge in [0.05, 0.1) is 18.1 Å². The lowest BCUT2D eigenvalue weighted by Gasteiger charge is -2.29. The minimum absolute atomic E-state index is 0.0131. The van der Waals surface area contributed by atoms with Crippen LogP contribution in [-0.4, -0.2) is 48.1 Å². The number of carbonyl (C=O) groups excluding carboxylic acids is 1. The van der Waals surface area contributed by atoms with Crippen molar-refractivity contribution in [3.8, 4) is 0 Å². The van der Waals surface area contributed by atoms with Crippen molar-refractivity contribution < 1.29 is 14.5 Å². The molecule has 1 heterocycles. The van der Waals surface area contributed by atoms with Crippen LogP contribution in [0, 0.1) is 17.0 Å². The van der Waals surface area contributed by atoms with E-state index in [-0.39, 0.29) is 11.6 Å². The lowest BCUT2D eigenvalue weighted by molar-refractivity contribution is -0.384. The zero-order chi connectivity index (χ0) is 15.4. The Morgan fingerprint density at radius 2 is 2.10 bits per heavy atom. The molecule has 0 saturated carbocycles. The molecule has 2 rings (SSSR count). The quantitative estimate of drug-likeness (QED) is 0.672. The first-order valence-corrected chi connectivity index (χ1v) is 6.88. The molecule has 0 aliphatic carbocycles. The molecule has 1 fully saturated rings. The monoisotopic (exact) mass is 293 g/mol. The Labute approximate surface area is 123 Å². The van der Waals surface area contributed by atoms with Crippen LogP contribution in [0.15, 0.2) is 18.2 Å². The van der Waals surface area contributed by atoms with Gasteiger partial charge in [0.15, 0.2) is 0 Å². The molecule has 0 spiro atoms. The summed E-state index contributed by atoms with van der Waals surface area (Å²) in [5.41, 5.74) is 0.948. The number of benzene rings is 1. The molecule has 1 aromatic carbocycles. The van der Waals surface area contributed by atoms with Crippen molar-refractivity contribution in [3.63, 3.8) is 0 Å². The molecule has 1 aliphatic heterocycles. The van der Waals surface area contributed by atoms with Gasteiger partial charge in [-0.3, -0.25) is 14.9 Å². The Kier molecular flexibility index (Phi) is 4.74. The second-order valence-corrected chi connectivity index (χ2v) is 5.03. The highest BCUT2D eigenvalue weighted by atomic mass is 16.6. The van der Waals surface area contributed by atoms with Crippen molar-refractivity contribution >= 4 is 17.3 Å². The molecule has 0 radical (unpaired) electrons. The van der Waals surface area contributed by atoms with E-state index in [4.69, 9.17) is 4.74 Å². The summed E-state index contributed by atoms with van der Waals surface area (Å²) in [6.07, 6.45) is 0. The Balaban J connectivity index is 2.12. The second kappa shape index (κ2) is 6.53. The van der Waals surface area contributed by atoms with Crippen molar-refractivity contribution in [2.75, 3.05) is 31.6 Å². The number of hydrogen-bond acceptors (Lipinski definition) is 5. The van der Waals surface area contributed by atoms with Gasteiger partial charge in [-0.1, -0.05) is 12.1 Å². The van der Waals surface area contributed by atoms with Crippen LogP contribution in [0.5, 0.6) is 0 Å². The van der Waals surface area contributed by atoms with Gasteiger partial charge in [0.1, 0.15) is 11.7 Å². The number of hydrogen-bond donors (Lipinski definition) is 1. The predicted octanol–water partition coefficient (Wildman–Crippen LogP) is 1.56. The van der Waals surface area contributed by atoms with Crippen molar-refractivity contribution in [2.45, 2.75) is 19.9 Å². The van der Waals surface area contributed by atoms with Crippen LogP contribution in [0.1, 0.15) is 12.5 Å². The highest BCUT2D eigenvalue weighted by Crippen LogP contribution is 2.28. The van der Waals surface area contributed by atoms with E-state index in [0.29, 0.717) is 37.6 Å². The fourth-order valence-corrected chi connectivity index (χ4v) is 2.37. The first-order valence-electron chi connectivity index (χ1n) is 6.88. The topological polar surface area (TPSA) is 84.7 Å². The molecule has 1 aliphatic rings. The van der Waals surface area contributed by atoms with Crippen molar-refractivity contribution in [1.29, 1.82) is 0 Å². The Morgan fingerprint density at radius 3 is 2.71 bits per heavy atom. The summed E-state index contributed by atoms with van der Waals surface area (Å²) < 4.78 is 5.21. The number of nitro benzene ring substituents is 1. The molecule has 0 aromatic heterocycles. The van der Waals surface area contributed by atoms with Crippen LogP contribution in [-0.2, 0) is 9.53 Å². The fraction of sp³-hybridized carbons (Fsp3) is 0.500. The minimum atomic E-state index is -0.524. The average molecular weight is 293 g/mol. The van der Waals surface area contributed by atoms with Gasteiger partial charge in [0, 0.05) is 18.7 Å². The summed E-state index contributed by atoms with van der Waals surface area (Å²) in [6.45, 7) is 5.56. The van der Waals surface area contributed by atoms with Crippen LogP contribution in [0.2, 0.25) is 0 Å². The van der Waals surface area contributed by atoms with E-state index in [1.165, 1.54) is 0 Å². The number of ether oxygens (including phenoxy) is 1. The molecule has 1 atom stereocenters. The number of nitrogens with one attached hydrogen (secondary N) is 1. The van der Waals surface area contributed by atoms with E-state index in [0.717, 1.165) is 0 Å². The number of para-hydroxylation sites is 1. The van der Waals surface area contributed by atoms with E-state index in [1.54, 1.807) is 36.9 Å². The number of nitro groups is 1. The Morgan fingerprint density at radius 1 is 1.43 bits per heavy atom. The van der Waals surface area contributed by atoms with Gasteiger partial charge in [-0.25, -0.2) is 0 Å². The smallest absolute Gasteiger partial charge is 0.295 e. The third-order valence-electron chi connectivity index (χ3n) is 3.49. The number of nitrogens with zero attached hydrogens (tertiary/aromatic N) is 2. The lowest BCUT2D eigenvalue weighted by atomic mass is 10.1. The van der Waals surface area contributed by atoms with Gasteiger partial charge in [-0.05, 0) is 19.9 Å². The van der Waals surface area contributed by atoms with Crippen LogP contribution < -0.4 is 5.32 Å². The fourth-order valence-electron chi connectivity index (χ4n) is 2.37. The first-order chi connectivity index (χ1) is 10.0. The van der Waals surface area contributed by atoms with E-state index in [1.807, 2.05) is 0 Å². The Hall–Kier alpha value is -2.15. The normalized spacial score (nSPS) is 16.4. The van der Waals surface area contributed by atoms with Gasteiger partial charge in [-0.2, -0.15) is 0 Å². The molecule has 114 valence electrons. The molecular formula is C14H19N3O4. The zero-order valence-electron chi connectivity index (χ0n) is 12.2. The van der Waals surface area contributed by atoms with E-state index in [9.17, 15) is 14.9 Å². The molecule has 21 heavy (non-hydrogen) atoms. The largest absolute Gasteiger partial charge is 0.378 e. The second-order valence-electron chi connectivity index (χ2n) is 5.03. The summed E-state index contributed by atoms with van der Waals surface area (Å²) in [6, 6.07) is 4.51. The van der Waals surface area contributed by atoms with Gasteiger partial charge in [0.25, 0.3) is 5.69 Å². The van der Waals surface area contributed by atoms with Crippen molar-refractivity contribution in [1.82, 2.24) is 4.90 Å². The first kappa shape index (κ1) is 15.2. The third kappa shape index (κ3) is 3.49. The van der Waals surface area contributed by atoms with Crippen LogP contribution in [0.3, 0.4) is 0 Å². The highest BCUT2D eigenvalue weighted by molar-refractivity contribution is 5.85. The van der Waals surface area contributed by atoms with Crippen molar-refractivity contribution in [3.05, 3.63) is 33.9 Å². The number of morpholine rings is 1. The van der Waals surface area contributed by atoms with Gasteiger partial charge < -0.3 is 15.0 Å². The summed E-state index contributed by atoms with van der Waals surface area (Å²) >= 11 is 0. The zero-order valence-corrected chi connectivity index (χ0v) is 12.2. The standard InChI is InChI=1S/C14H19N3O4/c1-10-4-3-5-12(13(10)17(19)20)15-11(2)14(18)16-6-8-21-9-7-16/h3-5,11,15H,6-9H2,1-2H3. The number of rotatable bonds is 4. The minimum Gasteiger partial charge on any atom is -0.378 e. The SMILES string of the molecule is Cc1cccc(NC(C)C(=O)N2CCOCC2)c1[N+](=O)[O-]. The molecule has 7 nitrogen and oxygen atoms in total. The van der Waals surface area contributed by atoms with Crippen LogP contribution >= 0.6 is 0 Å². The van der Waals surface area contributed by atoms with E-state index < -0.39 is 11.0 Å². The number of carbonyl (C=O) groups is 1. The average Bonchev–Trinajstić information content (AvgIpc) is 2.47. The third-order valence-corrected chi connectivity index (χ3v) is 3.49. The van der Waals surface area contributed by atoms with E-state index >= 15 is 0 Å². The highest BCUT2D eigenvalue weighted by Gasteiger charge is 2.25. The lowest BCUT2D eigenvalue weighted by Crippen LogP contribution is -2.47. The van der Waals surface area contributed by atoms with Crippen LogP contribution in [0.4, 0.5) is 11.4 Å². The predicted molar refractivity (Wildman–Crippen MR) is 78.3 cm³/mol. The number of anilines is 1. The summed E-state index contributed by atoms with van der Waals surface area (Å²) in [5, 5.41) is 14.1. The van der Waals surface area contributed by atoms with E-state index in [2.05, 4.69) is 5.32 Å². The molecule has 1 unspecified atom stereocenters. The van der Waals surface area contributed by atoms with Crippen LogP contribution in [0.25, 0.3) is 0 Å².